The van der Waals surface area contributed by atoms with E-state index in [1.165, 1.54) is 5.56 Å². The highest BCUT2D eigenvalue weighted by molar-refractivity contribution is 5.96. The third-order valence-electron chi connectivity index (χ3n) is 5.87. The maximum atomic E-state index is 12.4. The SMILES string of the molecule is C=C(c1ccc(CC)cc1)c1ccc(CC(=O)CCC)cc1C(=C/C)/C(=C\C(C)=O)CCC. The minimum atomic E-state index is 0.0441. The molecule has 2 rings (SSSR count). The Labute approximate surface area is 200 Å². The number of ketones is 2. The van der Waals surface area contributed by atoms with Crippen molar-refractivity contribution in [2.24, 2.45) is 0 Å². The van der Waals surface area contributed by atoms with Crippen LogP contribution in [0.4, 0.5) is 0 Å². The van der Waals surface area contributed by atoms with Gasteiger partial charge in [0.2, 0.25) is 0 Å². The Morgan fingerprint density at radius 1 is 0.879 bits per heavy atom. The van der Waals surface area contributed by atoms with Crippen molar-refractivity contribution in [3.05, 3.63) is 94.6 Å². The molecular weight excluding hydrogens is 404 g/mol. The first-order valence-corrected chi connectivity index (χ1v) is 12.2. The van der Waals surface area contributed by atoms with E-state index in [2.05, 4.69) is 62.9 Å². The molecule has 2 heteroatoms. The van der Waals surface area contributed by atoms with Gasteiger partial charge >= 0.3 is 0 Å². The normalized spacial score (nSPS) is 12.0. The molecule has 0 saturated carbocycles. The number of allylic oxidation sites excluding steroid dienone is 4. The molecule has 0 fully saturated rings. The van der Waals surface area contributed by atoms with Gasteiger partial charge < -0.3 is 0 Å². The molecule has 2 aromatic carbocycles. The van der Waals surface area contributed by atoms with Gasteiger partial charge in [0.15, 0.2) is 5.78 Å². The fraction of sp³-hybridized carbons (Fsp3) is 0.355. The van der Waals surface area contributed by atoms with Crippen LogP contribution in [0.2, 0.25) is 0 Å². The molecule has 0 heterocycles. The predicted octanol–water partition coefficient (Wildman–Crippen LogP) is 7.94. The minimum Gasteiger partial charge on any atom is -0.299 e. The molecule has 0 radical (unpaired) electrons. The van der Waals surface area contributed by atoms with E-state index < -0.39 is 0 Å². The maximum Gasteiger partial charge on any atom is 0.152 e. The van der Waals surface area contributed by atoms with Crippen LogP contribution in [-0.2, 0) is 22.4 Å². The van der Waals surface area contributed by atoms with Gasteiger partial charge in [-0.15, -0.1) is 0 Å². The Morgan fingerprint density at radius 3 is 2.06 bits per heavy atom. The van der Waals surface area contributed by atoms with E-state index in [0.29, 0.717) is 12.8 Å². The molecule has 0 spiro atoms. The number of benzene rings is 2. The number of hydrogen-bond acceptors (Lipinski definition) is 2. The van der Waals surface area contributed by atoms with Crippen LogP contribution in [0, 0.1) is 0 Å². The van der Waals surface area contributed by atoms with Crippen molar-refractivity contribution in [2.45, 2.75) is 73.1 Å². The highest BCUT2D eigenvalue weighted by Gasteiger charge is 2.17. The highest BCUT2D eigenvalue weighted by atomic mass is 16.1. The van der Waals surface area contributed by atoms with Crippen molar-refractivity contribution in [3.63, 3.8) is 0 Å². The summed E-state index contributed by atoms with van der Waals surface area (Å²) in [5, 5.41) is 0. The molecule has 2 nitrogen and oxygen atoms in total. The van der Waals surface area contributed by atoms with Crippen LogP contribution in [0.3, 0.4) is 0 Å². The summed E-state index contributed by atoms with van der Waals surface area (Å²) in [4.78, 5) is 24.4. The molecular formula is C31H38O2. The molecule has 0 unspecified atom stereocenters. The van der Waals surface area contributed by atoms with Crippen molar-refractivity contribution in [2.75, 3.05) is 0 Å². The number of rotatable bonds is 12. The van der Waals surface area contributed by atoms with Gasteiger partial charge in [-0.3, -0.25) is 9.59 Å². The number of Topliss-reactive ketones (excluding diaryl/α,β-unsaturated/α-hetero) is 1. The fourth-order valence-electron chi connectivity index (χ4n) is 4.19. The van der Waals surface area contributed by atoms with Gasteiger partial charge in [-0.1, -0.05) is 82.3 Å². The molecule has 0 saturated heterocycles. The summed E-state index contributed by atoms with van der Waals surface area (Å²) in [5.74, 6) is 0.294. The van der Waals surface area contributed by atoms with Crippen LogP contribution in [0.25, 0.3) is 11.1 Å². The summed E-state index contributed by atoms with van der Waals surface area (Å²) in [6.07, 6.45) is 8.46. The summed E-state index contributed by atoms with van der Waals surface area (Å²) in [6.45, 7) is 14.3. The third kappa shape index (κ3) is 7.25. The smallest absolute Gasteiger partial charge is 0.152 e. The average Bonchev–Trinajstić information content (AvgIpc) is 2.79. The quantitative estimate of drug-likeness (QED) is 0.247. The average molecular weight is 443 g/mol. The molecule has 33 heavy (non-hydrogen) atoms. The van der Waals surface area contributed by atoms with Crippen LogP contribution < -0.4 is 0 Å². The Hall–Kier alpha value is -3.00. The Kier molecular flexibility index (Phi) is 10.3. The number of hydrogen-bond donors (Lipinski definition) is 0. The summed E-state index contributed by atoms with van der Waals surface area (Å²) in [6, 6.07) is 14.8. The van der Waals surface area contributed by atoms with Crippen LogP contribution in [0.15, 0.2) is 66.8 Å². The van der Waals surface area contributed by atoms with E-state index in [9.17, 15) is 9.59 Å². The van der Waals surface area contributed by atoms with Gasteiger partial charge in [0.25, 0.3) is 0 Å². The van der Waals surface area contributed by atoms with Crippen molar-refractivity contribution in [1.29, 1.82) is 0 Å². The molecule has 0 N–H and O–H groups in total. The second-order valence-corrected chi connectivity index (χ2v) is 8.61. The second-order valence-electron chi connectivity index (χ2n) is 8.61. The monoisotopic (exact) mass is 442 g/mol. The fourth-order valence-corrected chi connectivity index (χ4v) is 4.19. The predicted molar refractivity (Wildman–Crippen MR) is 141 cm³/mol. The van der Waals surface area contributed by atoms with Gasteiger partial charge in [0.1, 0.15) is 5.78 Å². The molecule has 174 valence electrons. The second kappa shape index (κ2) is 12.9. The van der Waals surface area contributed by atoms with Crippen molar-refractivity contribution >= 4 is 22.7 Å². The van der Waals surface area contributed by atoms with E-state index >= 15 is 0 Å². The number of carbonyl (C=O) groups is 2. The first-order valence-electron chi connectivity index (χ1n) is 12.2. The molecule has 0 bridgehead atoms. The molecule has 2 aromatic rings. The van der Waals surface area contributed by atoms with Crippen molar-refractivity contribution in [3.8, 4) is 0 Å². The lowest BCUT2D eigenvalue weighted by atomic mass is 9.85. The zero-order chi connectivity index (χ0) is 24.4. The Balaban J connectivity index is 2.64. The summed E-state index contributed by atoms with van der Waals surface area (Å²) >= 11 is 0. The van der Waals surface area contributed by atoms with Crippen molar-refractivity contribution in [1.82, 2.24) is 0 Å². The van der Waals surface area contributed by atoms with Crippen LogP contribution in [0.1, 0.15) is 88.1 Å². The van der Waals surface area contributed by atoms with E-state index in [4.69, 9.17) is 0 Å². The summed E-state index contributed by atoms with van der Waals surface area (Å²) in [5.41, 5.74) is 8.44. The Morgan fingerprint density at radius 2 is 1.52 bits per heavy atom. The van der Waals surface area contributed by atoms with Gasteiger partial charge in [0.05, 0.1) is 0 Å². The van der Waals surface area contributed by atoms with Gasteiger partial charge in [-0.25, -0.2) is 0 Å². The number of aryl methyl sites for hydroxylation is 1. The van der Waals surface area contributed by atoms with Gasteiger partial charge in [-0.05, 0) is 83.7 Å². The first kappa shape index (κ1) is 26.3. The molecule has 0 aromatic heterocycles. The standard InChI is InChI=1S/C31H38O2/c1-7-11-27(19-22(5)32)29(10-4)31-21-25(20-28(33)12-8-2)15-18-30(31)23(6)26-16-13-24(9-3)14-17-26/h10,13-19,21H,6-9,11-12,20H2,1-5H3/b27-19-,29-10+. The van der Waals surface area contributed by atoms with E-state index in [1.54, 1.807) is 13.0 Å². The molecule has 0 amide bonds. The van der Waals surface area contributed by atoms with E-state index in [1.807, 2.05) is 19.9 Å². The van der Waals surface area contributed by atoms with Crippen LogP contribution >= 0.6 is 0 Å². The van der Waals surface area contributed by atoms with Crippen LogP contribution in [-0.4, -0.2) is 11.6 Å². The number of carbonyl (C=O) groups excluding carboxylic acids is 2. The van der Waals surface area contributed by atoms with E-state index in [-0.39, 0.29) is 11.6 Å². The Bertz CT molecular complexity index is 1050. The zero-order valence-corrected chi connectivity index (χ0v) is 21.0. The zero-order valence-electron chi connectivity index (χ0n) is 21.0. The lowest BCUT2D eigenvalue weighted by Crippen LogP contribution is -2.05. The first-order chi connectivity index (χ1) is 15.8. The lowest BCUT2D eigenvalue weighted by Gasteiger charge is -2.19. The van der Waals surface area contributed by atoms with Crippen LogP contribution in [0.5, 0.6) is 0 Å². The molecule has 0 aliphatic heterocycles. The maximum absolute atomic E-state index is 12.4. The third-order valence-corrected chi connectivity index (χ3v) is 5.87. The van der Waals surface area contributed by atoms with Crippen molar-refractivity contribution < 1.29 is 9.59 Å². The molecule has 0 aliphatic rings. The molecule has 0 atom stereocenters. The highest BCUT2D eigenvalue weighted by Crippen LogP contribution is 2.35. The van der Waals surface area contributed by atoms with Gasteiger partial charge in [-0.2, -0.15) is 0 Å². The topological polar surface area (TPSA) is 34.1 Å². The minimum absolute atomic E-state index is 0.0441. The largest absolute Gasteiger partial charge is 0.299 e. The molecule has 0 aliphatic carbocycles. The summed E-state index contributed by atoms with van der Waals surface area (Å²) in [7, 11) is 0. The van der Waals surface area contributed by atoms with E-state index in [0.717, 1.165) is 64.7 Å². The summed E-state index contributed by atoms with van der Waals surface area (Å²) < 4.78 is 0. The van der Waals surface area contributed by atoms with Gasteiger partial charge in [0, 0.05) is 12.8 Å². The lowest BCUT2D eigenvalue weighted by molar-refractivity contribution is -0.118.